The average molecular weight is 194 g/mol. The van der Waals surface area contributed by atoms with Crippen LogP contribution < -0.4 is 10.2 Å². The fourth-order valence-electron chi connectivity index (χ4n) is 1.08. The molecule has 1 rings (SSSR count). The van der Waals surface area contributed by atoms with Gasteiger partial charge in [0.15, 0.2) is 11.9 Å². The van der Waals surface area contributed by atoms with E-state index >= 15 is 0 Å². The largest absolute Gasteiger partial charge is 0.482 e. The summed E-state index contributed by atoms with van der Waals surface area (Å²) >= 11 is 0. The molecule has 1 aromatic carbocycles. The minimum atomic E-state index is -0.428. The molecule has 0 fully saturated rings. The average Bonchev–Trinajstić information content (AvgIpc) is 2.26. The van der Waals surface area contributed by atoms with Gasteiger partial charge in [0.2, 0.25) is 0 Å². The minimum absolute atomic E-state index is 0.0312. The highest BCUT2D eigenvalue weighted by Crippen LogP contribution is 2.12. The summed E-state index contributed by atoms with van der Waals surface area (Å²) < 4.78 is 5.47. The molecule has 4 nitrogen and oxygen atoms in total. The molecule has 0 aliphatic heterocycles. The fraction of sp³-hybridized carbons (Fsp3) is 0.300. The van der Waals surface area contributed by atoms with Gasteiger partial charge in [0.05, 0.1) is 0 Å². The Bertz CT molecular complexity index is 287. The quantitative estimate of drug-likeness (QED) is 0.389. The van der Waals surface area contributed by atoms with E-state index in [1.165, 1.54) is 0 Å². The van der Waals surface area contributed by atoms with Crippen molar-refractivity contribution < 1.29 is 9.94 Å². The van der Waals surface area contributed by atoms with E-state index in [9.17, 15) is 0 Å². The second-order valence-electron chi connectivity index (χ2n) is 2.85. The predicted molar refractivity (Wildman–Crippen MR) is 53.8 cm³/mol. The van der Waals surface area contributed by atoms with Crippen molar-refractivity contribution >= 4 is 5.84 Å². The maximum atomic E-state index is 8.56. The van der Waals surface area contributed by atoms with Crippen LogP contribution in [0.5, 0.6) is 5.75 Å². The summed E-state index contributed by atoms with van der Waals surface area (Å²) in [6, 6.07) is 9.24. The topological polar surface area (TPSA) is 65.3 Å². The molecule has 1 unspecified atom stereocenters. The molecule has 4 heteroatoms. The molecule has 0 heterocycles. The third kappa shape index (κ3) is 2.74. The number of para-hydroxylation sites is 1. The van der Waals surface area contributed by atoms with Crippen molar-refractivity contribution in [3.05, 3.63) is 30.3 Å². The molecule has 1 atom stereocenters. The third-order valence-corrected chi connectivity index (χ3v) is 1.83. The van der Waals surface area contributed by atoms with E-state index < -0.39 is 6.10 Å². The van der Waals surface area contributed by atoms with Crippen LogP contribution in [0.1, 0.15) is 13.3 Å². The van der Waals surface area contributed by atoms with Gasteiger partial charge in [-0.1, -0.05) is 25.1 Å². The molecule has 0 radical (unpaired) electrons. The molecule has 0 spiro atoms. The van der Waals surface area contributed by atoms with Crippen LogP contribution in [-0.2, 0) is 0 Å². The first-order valence-electron chi connectivity index (χ1n) is 4.48. The zero-order valence-electron chi connectivity index (χ0n) is 8.03. The predicted octanol–water partition coefficient (Wildman–Crippen LogP) is 1.80. The Morgan fingerprint density at radius 1 is 1.50 bits per heavy atom. The van der Waals surface area contributed by atoms with Gasteiger partial charge in [0.25, 0.3) is 0 Å². The lowest BCUT2D eigenvalue weighted by molar-refractivity contribution is 0.195. The monoisotopic (exact) mass is 194 g/mol. The van der Waals surface area contributed by atoms with E-state index in [2.05, 4.69) is 0 Å². The molecule has 3 N–H and O–H groups in total. The van der Waals surface area contributed by atoms with Gasteiger partial charge in [-0.15, -0.1) is 0 Å². The zero-order valence-corrected chi connectivity index (χ0v) is 8.03. The zero-order chi connectivity index (χ0) is 10.4. The smallest absolute Gasteiger partial charge is 0.159 e. The van der Waals surface area contributed by atoms with Crippen molar-refractivity contribution in [2.75, 3.05) is 0 Å². The first kappa shape index (κ1) is 10.5. The van der Waals surface area contributed by atoms with E-state index in [4.69, 9.17) is 15.4 Å². The highest BCUT2D eigenvalue weighted by molar-refractivity contribution is 5.82. The first-order chi connectivity index (χ1) is 6.77. The second-order valence-corrected chi connectivity index (χ2v) is 2.85. The Morgan fingerprint density at radius 2 is 2.14 bits per heavy atom. The summed E-state index contributed by atoms with van der Waals surface area (Å²) in [6.45, 7) is 1.89. The van der Waals surface area contributed by atoms with Crippen molar-refractivity contribution in [3.8, 4) is 5.75 Å². The van der Waals surface area contributed by atoms with E-state index in [-0.39, 0.29) is 5.84 Å². The van der Waals surface area contributed by atoms with Gasteiger partial charge in [-0.25, -0.2) is 0 Å². The van der Waals surface area contributed by atoms with Gasteiger partial charge in [-0.2, -0.15) is 0 Å². The molecular formula is C10H14N2O2. The van der Waals surface area contributed by atoms with E-state index in [0.29, 0.717) is 12.2 Å². The van der Waals surface area contributed by atoms with Crippen LogP contribution in [0, 0.1) is 5.41 Å². The van der Waals surface area contributed by atoms with Crippen molar-refractivity contribution in [1.29, 1.82) is 5.41 Å². The fourth-order valence-corrected chi connectivity index (χ4v) is 1.08. The maximum Gasteiger partial charge on any atom is 0.159 e. The number of nitrogens with one attached hydrogen (secondary N) is 2. The third-order valence-electron chi connectivity index (χ3n) is 1.83. The lowest BCUT2D eigenvalue weighted by atomic mass is 10.2. The van der Waals surface area contributed by atoms with Crippen molar-refractivity contribution in [2.45, 2.75) is 19.4 Å². The van der Waals surface area contributed by atoms with Gasteiger partial charge in [-0.05, 0) is 18.6 Å². The molecule has 0 aliphatic carbocycles. The van der Waals surface area contributed by atoms with Crippen LogP contribution >= 0.6 is 0 Å². The van der Waals surface area contributed by atoms with Crippen LogP contribution in [0.3, 0.4) is 0 Å². The number of hydroxylamine groups is 1. The highest BCUT2D eigenvalue weighted by Gasteiger charge is 2.13. The molecule has 0 bridgehead atoms. The van der Waals surface area contributed by atoms with Gasteiger partial charge in [0.1, 0.15) is 5.75 Å². The molecule has 14 heavy (non-hydrogen) atoms. The Hall–Kier alpha value is -1.55. The Kier molecular flexibility index (Phi) is 3.94. The van der Waals surface area contributed by atoms with Crippen molar-refractivity contribution in [2.24, 2.45) is 0 Å². The Morgan fingerprint density at radius 3 is 2.64 bits per heavy atom. The summed E-state index contributed by atoms with van der Waals surface area (Å²) in [6.07, 6.45) is 0.198. The molecule has 0 aliphatic rings. The molecule has 76 valence electrons. The van der Waals surface area contributed by atoms with Crippen LogP contribution in [-0.4, -0.2) is 17.1 Å². The molecule has 0 aromatic heterocycles. The first-order valence-corrected chi connectivity index (χ1v) is 4.48. The van der Waals surface area contributed by atoms with Gasteiger partial charge < -0.3 is 4.74 Å². The van der Waals surface area contributed by atoms with Crippen LogP contribution in [0.25, 0.3) is 0 Å². The number of hydrogen-bond donors (Lipinski definition) is 3. The summed E-state index contributed by atoms with van der Waals surface area (Å²) in [5.74, 6) is 0.663. The Labute approximate surface area is 83.0 Å². The maximum absolute atomic E-state index is 8.56. The molecule has 0 saturated heterocycles. The van der Waals surface area contributed by atoms with Gasteiger partial charge in [-0.3, -0.25) is 16.1 Å². The van der Waals surface area contributed by atoms with Crippen LogP contribution in [0.2, 0.25) is 0 Å². The minimum Gasteiger partial charge on any atom is -0.482 e. The van der Waals surface area contributed by atoms with E-state index in [1.54, 1.807) is 5.48 Å². The lowest BCUT2D eigenvalue weighted by Crippen LogP contribution is -2.35. The summed E-state index contributed by atoms with van der Waals surface area (Å²) in [5, 5.41) is 15.9. The molecule has 0 amide bonds. The number of amidine groups is 1. The second kappa shape index (κ2) is 5.24. The van der Waals surface area contributed by atoms with E-state index in [1.807, 2.05) is 37.3 Å². The van der Waals surface area contributed by atoms with Crippen molar-refractivity contribution in [1.82, 2.24) is 5.48 Å². The lowest BCUT2D eigenvalue weighted by Gasteiger charge is -2.17. The normalized spacial score (nSPS) is 11.9. The standard InChI is InChI=1S/C10H14N2O2/c1-2-9(10(11)12-13)14-8-6-4-3-5-7-8/h3-7,9,13H,2H2,1H3,(H2,11,12). The van der Waals surface area contributed by atoms with Gasteiger partial charge in [0, 0.05) is 0 Å². The molecular weight excluding hydrogens is 180 g/mol. The number of rotatable bonds is 4. The number of benzene rings is 1. The Balaban J connectivity index is 2.62. The molecule has 0 saturated carbocycles. The summed E-state index contributed by atoms with van der Waals surface area (Å²) in [5.41, 5.74) is 1.79. The SMILES string of the molecule is CCC(Oc1ccccc1)C(=N)NO. The van der Waals surface area contributed by atoms with Crippen LogP contribution in [0.4, 0.5) is 0 Å². The summed E-state index contributed by atoms with van der Waals surface area (Å²) in [7, 11) is 0. The van der Waals surface area contributed by atoms with E-state index in [0.717, 1.165) is 0 Å². The summed E-state index contributed by atoms with van der Waals surface area (Å²) in [4.78, 5) is 0. The molecule has 1 aromatic rings. The van der Waals surface area contributed by atoms with Crippen molar-refractivity contribution in [3.63, 3.8) is 0 Å². The number of hydrogen-bond acceptors (Lipinski definition) is 3. The highest BCUT2D eigenvalue weighted by atomic mass is 16.5. The number of ether oxygens (including phenoxy) is 1. The van der Waals surface area contributed by atoms with Gasteiger partial charge >= 0.3 is 0 Å². The van der Waals surface area contributed by atoms with Crippen LogP contribution in [0.15, 0.2) is 30.3 Å².